The molecule has 2 N–H and O–H groups in total. The Bertz CT molecular complexity index is 1020. The minimum Gasteiger partial charge on any atom is -0.409 e. The van der Waals surface area contributed by atoms with Crippen molar-refractivity contribution in [2.24, 2.45) is 5.41 Å². The van der Waals surface area contributed by atoms with Crippen molar-refractivity contribution in [2.75, 3.05) is 26.2 Å². The molecule has 36 heavy (non-hydrogen) atoms. The maximum absolute atomic E-state index is 13.5. The summed E-state index contributed by atoms with van der Waals surface area (Å²) in [6.45, 7) is 6.66. The summed E-state index contributed by atoms with van der Waals surface area (Å²) in [6, 6.07) is 10.1. The molecular formula is C27H35N3O5S. The van der Waals surface area contributed by atoms with Crippen molar-refractivity contribution in [3.63, 3.8) is 0 Å². The van der Waals surface area contributed by atoms with Crippen LogP contribution in [0.5, 0.6) is 5.75 Å². The number of amides is 2. The van der Waals surface area contributed by atoms with Gasteiger partial charge >= 0.3 is 6.09 Å². The molecule has 1 aromatic heterocycles. The van der Waals surface area contributed by atoms with Crippen molar-refractivity contribution in [2.45, 2.75) is 57.7 Å². The Balaban J connectivity index is 1.45. The van der Waals surface area contributed by atoms with Crippen LogP contribution in [0, 0.1) is 5.41 Å². The van der Waals surface area contributed by atoms with Crippen LogP contribution in [0.2, 0.25) is 0 Å². The minimum absolute atomic E-state index is 0.0127. The molecule has 1 aromatic carbocycles. The highest BCUT2D eigenvalue weighted by Gasteiger charge is 2.40. The molecule has 3 atom stereocenters. The minimum atomic E-state index is -0.879. The van der Waals surface area contributed by atoms with Crippen molar-refractivity contribution >= 4 is 29.1 Å². The zero-order valence-corrected chi connectivity index (χ0v) is 21.7. The number of rotatable bonds is 10. The molecule has 2 aliphatic rings. The molecule has 0 aliphatic carbocycles. The molecule has 3 heterocycles. The first kappa shape index (κ1) is 26.3. The number of thiophene rings is 1. The van der Waals surface area contributed by atoms with E-state index in [1.54, 1.807) is 11.4 Å². The summed E-state index contributed by atoms with van der Waals surface area (Å²) < 4.78 is 11.1. The molecule has 0 saturated carbocycles. The normalized spacial score (nSPS) is 21.3. The molecule has 194 valence electrons. The number of nitrogens with one attached hydrogen (secondary N) is 2. The number of likely N-dealkylation sites (tertiary alicyclic amines) is 1. The Morgan fingerprint density at radius 2 is 1.94 bits per heavy atom. The third kappa shape index (κ3) is 7.38. The van der Waals surface area contributed by atoms with Gasteiger partial charge in [0, 0.05) is 11.9 Å². The van der Waals surface area contributed by atoms with Crippen molar-refractivity contribution < 1.29 is 23.9 Å². The van der Waals surface area contributed by atoms with Crippen LogP contribution in [-0.4, -0.2) is 67.1 Å². The average Bonchev–Trinajstić information content (AvgIpc) is 3.59. The van der Waals surface area contributed by atoms with Gasteiger partial charge < -0.3 is 25.0 Å². The highest BCUT2D eigenvalue weighted by molar-refractivity contribution is 7.08. The molecule has 2 aliphatic heterocycles. The lowest BCUT2D eigenvalue weighted by Crippen LogP contribution is -2.56. The topological polar surface area (TPSA) is 97.0 Å². The largest absolute Gasteiger partial charge is 0.413 e. The van der Waals surface area contributed by atoms with Gasteiger partial charge in [0.25, 0.3) is 0 Å². The second-order valence-electron chi connectivity index (χ2n) is 10.4. The van der Waals surface area contributed by atoms with Crippen molar-refractivity contribution in [1.29, 1.82) is 0 Å². The second-order valence-corrected chi connectivity index (χ2v) is 11.2. The molecule has 0 spiro atoms. The van der Waals surface area contributed by atoms with E-state index in [2.05, 4.69) is 29.4 Å². The summed E-state index contributed by atoms with van der Waals surface area (Å²) in [7, 11) is 0. The molecule has 4 rings (SSSR count). The number of carbonyl (C=O) groups excluding carboxylic acids is 3. The lowest BCUT2D eigenvalue weighted by atomic mass is 9.80. The number of hydrogen-bond acceptors (Lipinski definition) is 7. The summed E-state index contributed by atoms with van der Waals surface area (Å²) in [5.74, 6) is -0.130. The van der Waals surface area contributed by atoms with Gasteiger partial charge in [-0.05, 0) is 61.2 Å². The third-order valence-electron chi connectivity index (χ3n) is 6.69. The molecule has 9 heteroatoms. The first-order valence-electron chi connectivity index (χ1n) is 12.5. The predicted molar refractivity (Wildman–Crippen MR) is 138 cm³/mol. The lowest BCUT2D eigenvalue weighted by molar-refractivity contribution is -0.128. The smallest absolute Gasteiger partial charge is 0.409 e. The van der Waals surface area contributed by atoms with Crippen LogP contribution < -0.4 is 15.4 Å². The highest BCUT2D eigenvalue weighted by atomic mass is 32.1. The van der Waals surface area contributed by atoms with Crippen LogP contribution in [-0.2, 0) is 20.7 Å². The zero-order valence-electron chi connectivity index (χ0n) is 20.9. The standard InChI is InChI=1S/C27H35N3O5S/c1-27(2,14-19-8-4-3-5-9-19)15-21(28-26(33)35-20-10-13-36-18-20)25(32)29-24-22(31)17-34-23(24)16-30-11-6-7-12-30/h3-5,8-10,13,18,21,23-24H,6-7,11-12,14-17H2,1-2H3,(H,28,33)(H,29,32)/t21-,23?,24?/m0/s1. The average molecular weight is 514 g/mol. The van der Waals surface area contributed by atoms with E-state index in [-0.39, 0.29) is 17.8 Å². The third-order valence-corrected chi connectivity index (χ3v) is 7.35. The van der Waals surface area contributed by atoms with Crippen LogP contribution >= 0.6 is 11.3 Å². The van der Waals surface area contributed by atoms with E-state index in [9.17, 15) is 14.4 Å². The maximum Gasteiger partial charge on any atom is 0.413 e. The van der Waals surface area contributed by atoms with Crippen LogP contribution in [0.15, 0.2) is 47.2 Å². The highest BCUT2D eigenvalue weighted by Crippen LogP contribution is 2.28. The Morgan fingerprint density at radius 3 is 2.64 bits per heavy atom. The van der Waals surface area contributed by atoms with E-state index in [0.717, 1.165) is 37.9 Å². The monoisotopic (exact) mass is 513 g/mol. The van der Waals surface area contributed by atoms with E-state index < -0.39 is 30.2 Å². The van der Waals surface area contributed by atoms with Gasteiger partial charge in [0.05, 0.1) is 6.10 Å². The lowest BCUT2D eigenvalue weighted by Gasteiger charge is -2.31. The number of Topliss-reactive ketones (excluding diaryl/α,β-unsaturated/α-hetero) is 1. The van der Waals surface area contributed by atoms with Gasteiger partial charge in [-0.2, -0.15) is 0 Å². The van der Waals surface area contributed by atoms with Crippen LogP contribution in [0.4, 0.5) is 4.79 Å². The van der Waals surface area contributed by atoms with Crippen molar-refractivity contribution in [3.05, 3.63) is 52.7 Å². The molecule has 0 radical (unpaired) electrons. The molecule has 0 bridgehead atoms. The molecular weight excluding hydrogens is 478 g/mol. The first-order valence-corrected chi connectivity index (χ1v) is 13.4. The summed E-state index contributed by atoms with van der Waals surface area (Å²) >= 11 is 1.41. The van der Waals surface area contributed by atoms with Gasteiger partial charge in [-0.1, -0.05) is 44.2 Å². The van der Waals surface area contributed by atoms with E-state index >= 15 is 0 Å². The molecule has 8 nitrogen and oxygen atoms in total. The molecule has 2 fully saturated rings. The SMILES string of the molecule is CC(C)(Cc1ccccc1)C[C@H](NC(=O)Oc1ccsc1)C(=O)NC1C(=O)COC1CN1CCCC1. The Labute approximate surface area is 216 Å². The summed E-state index contributed by atoms with van der Waals surface area (Å²) in [5, 5.41) is 9.16. The van der Waals surface area contributed by atoms with Gasteiger partial charge in [-0.3, -0.25) is 9.59 Å². The number of ether oxygens (including phenoxy) is 2. The fourth-order valence-electron chi connectivity index (χ4n) is 4.96. The summed E-state index contributed by atoms with van der Waals surface area (Å²) in [4.78, 5) is 41.0. The van der Waals surface area contributed by atoms with Crippen molar-refractivity contribution in [1.82, 2.24) is 15.5 Å². The number of nitrogens with zero attached hydrogens (tertiary/aromatic N) is 1. The van der Waals surface area contributed by atoms with Crippen LogP contribution in [0.1, 0.15) is 38.7 Å². The number of hydrogen-bond donors (Lipinski definition) is 2. The summed E-state index contributed by atoms with van der Waals surface area (Å²) in [5.41, 5.74) is 0.831. The Hall–Kier alpha value is -2.75. The molecule has 2 saturated heterocycles. The van der Waals surface area contributed by atoms with Crippen molar-refractivity contribution in [3.8, 4) is 5.75 Å². The summed E-state index contributed by atoms with van der Waals surface area (Å²) in [6.07, 6.45) is 2.26. The van der Waals surface area contributed by atoms with Crippen LogP contribution in [0.25, 0.3) is 0 Å². The van der Waals surface area contributed by atoms with Gasteiger partial charge in [-0.15, -0.1) is 11.3 Å². The van der Waals surface area contributed by atoms with Gasteiger partial charge in [0.2, 0.25) is 5.91 Å². The quantitative estimate of drug-likeness (QED) is 0.505. The number of benzene rings is 1. The van der Waals surface area contributed by atoms with E-state index in [1.807, 2.05) is 35.7 Å². The van der Waals surface area contributed by atoms with Gasteiger partial charge in [-0.25, -0.2) is 4.79 Å². The Morgan fingerprint density at radius 1 is 1.19 bits per heavy atom. The van der Waals surface area contributed by atoms with Crippen LogP contribution in [0.3, 0.4) is 0 Å². The van der Waals surface area contributed by atoms with E-state index in [1.165, 1.54) is 11.3 Å². The first-order chi connectivity index (χ1) is 17.3. The zero-order chi connectivity index (χ0) is 25.5. The Kier molecular flexibility index (Phi) is 8.77. The maximum atomic E-state index is 13.5. The molecule has 2 aromatic rings. The predicted octanol–water partition coefficient (Wildman–Crippen LogP) is 3.41. The second kappa shape index (κ2) is 12.0. The van der Waals surface area contributed by atoms with E-state index in [0.29, 0.717) is 18.7 Å². The molecule has 2 unspecified atom stereocenters. The fraction of sp³-hybridized carbons (Fsp3) is 0.519. The van der Waals surface area contributed by atoms with Gasteiger partial charge in [0.15, 0.2) is 5.78 Å². The van der Waals surface area contributed by atoms with Gasteiger partial charge in [0.1, 0.15) is 24.4 Å². The van der Waals surface area contributed by atoms with E-state index in [4.69, 9.17) is 9.47 Å². The number of carbonyl (C=O) groups is 3. The fourth-order valence-corrected chi connectivity index (χ4v) is 5.51. The number of ketones is 1. The molecule has 2 amide bonds.